The van der Waals surface area contributed by atoms with Crippen LogP contribution in [-0.2, 0) is 20.7 Å². The minimum atomic E-state index is -0.533. The van der Waals surface area contributed by atoms with E-state index in [1.54, 1.807) is 31.3 Å². The normalized spacial score (nSPS) is 13.5. The summed E-state index contributed by atoms with van der Waals surface area (Å²) in [6, 6.07) is 13.1. The minimum absolute atomic E-state index is 0.0220. The van der Waals surface area contributed by atoms with Crippen molar-refractivity contribution in [3.8, 4) is 11.5 Å². The van der Waals surface area contributed by atoms with Crippen molar-refractivity contribution in [1.29, 1.82) is 0 Å². The van der Waals surface area contributed by atoms with Crippen LogP contribution in [0.2, 0.25) is 0 Å². The van der Waals surface area contributed by atoms with Gasteiger partial charge in [0.15, 0.2) is 6.61 Å². The lowest BCUT2D eigenvalue weighted by molar-refractivity contribution is -0.152. The molecule has 1 aromatic heterocycles. The number of methoxy groups -OCH3 is 2. The van der Waals surface area contributed by atoms with Gasteiger partial charge in [-0.25, -0.2) is 4.79 Å². The summed E-state index contributed by atoms with van der Waals surface area (Å²) in [5, 5.41) is 0.780. The van der Waals surface area contributed by atoms with E-state index in [-0.39, 0.29) is 25.4 Å². The van der Waals surface area contributed by atoms with Gasteiger partial charge in [-0.1, -0.05) is 0 Å². The number of carbonyl (C=O) groups excluding carboxylic acids is 2. The van der Waals surface area contributed by atoms with Gasteiger partial charge in [-0.15, -0.1) is 0 Å². The zero-order valence-electron chi connectivity index (χ0n) is 20.7. The first-order chi connectivity index (χ1) is 17.4. The van der Waals surface area contributed by atoms with E-state index in [1.165, 1.54) is 0 Å². The van der Waals surface area contributed by atoms with Gasteiger partial charge in [0.05, 0.1) is 14.2 Å². The van der Waals surface area contributed by atoms with E-state index in [2.05, 4.69) is 4.90 Å². The van der Waals surface area contributed by atoms with Crippen LogP contribution in [0.4, 0.5) is 5.69 Å². The summed E-state index contributed by atoms with van der Waals surface area (Å²) in [6.07, 6.45) is 0.148. The van der Waals surface area contributed by atoms with Gasteiger partial charge in [0.1, 0.15) is 17.1 Å². The monoisotopic (exact) mass is 494 g/mol. The molecule has 36 heavy (non-hydrogen) atoms. The Hall–Kier alpha value is -4.01. The van der Waals surface area contributed by atoms with Crippen molar-refractivity contribution < 1.29 is 28.2 Å². The molecule has 2 heterocycles. The fraction of sp³-hybridized carbons (Fsp3) is 0.370. The van der Waals surface area contributed by atoms with Crippen LogP contribution in [0.25, 0.3) is 11.0 Å². The summed E-state index contributed by atoms with van der Waals surface area (Å²) in [4.78, 5) is 41.2. The van der Waals surface area contributed by atoms with E-state index in [0.717, 1.165) is 22.4 Å². The average Bonchev–Trinajstić information content (AvgIpc) is 2.91. The molecule has 0 unspecified atom stereocenters. The van der Waals surface area contributed by atoms with Crippen molar-refractivity contribution in [1.82, 2.24) is 4.90 Å². The molecule has 0 radical (unpaired) electrons. The van der Waals surface area contributed by atoms with Gasteiger partial charge >= 0.3 is 11.6 Å². The first-order valence-electron chi connectivity index (χ1n) is 11.8. The Bertz CT molecular complexity index is 1290. The number of ether oxygens (including phenoxy) is 3. The molecule has 0 bridgehead atoms. The second kappa shape index (κ2) is 11.2. The third-order valence-corrected chi connectivity index (χ3v) is 6.50. The maximum Gasteiger partial charge on any atom is 0.339 e. The Morgan fingerprint density at radius 1 is 0.944 bits per heavy atom. The number of amides is 1. The Morgan fingerprint density at radius 3 is 2.28 bits per heavy atom. The minimum Gasteiger partial charge on any atom is -0.497 e. The highest BCUT2D eigenvalue weighted by atomic mass is 16.5. The topological polar surface area (TPSA) is 98.5 Å². The largest absolute Gasteiger partial charge is 0.497 e. The lowest BCUT2D eigenvalue weighted by atomic mass is 10.0. The number of anilines is 1. The molecule has 2 aromatic carbocycles. The van der Waals surface area contributed by atoms with Gasteiger partial charge in [-0.3, -0.25) is 9.59 Å². The van der Waals surface area contributed by atoms with Gasteiger partial charge in [0, 0.05) is 55.3 Å². The maximum atomic E-state index is 12.5. The number of hydrogen-bond donors (Lipinski definition) is 0. The highest BCUT2D eigenvalue weighted by Gasteiger charge is 2.22. The predicted molar refractivity (Wildman–Crippen MR) is 135 cm³/mol. The molecule has 1 aliphatic heterocycles. The summed E-state index contributed by atoms with van der Waals surface area (Å²) >= 11 is 0. The number of rotatable bonds is 8. The molecule has 1 amide bonds. The summed E-state index contributed by atoms with van der Waals surface area (Å²) in [6.45, 7) is 3.98. The summed E-state index contributed by atoms with van der Waals surface area (Å²) in [7, 11) is 3.17. The van der Waals surface area contributed by atoms with Crippen LogP contribution >= 0.6 is 0 Å². The van der Waals surface area contributed by atoms with Crippen molar-refractivity contribution in [3.63, 3.8) is 0 Å². The molecule has 4 rings (SSSR count). The second-order valence-corrected chi connectivity index (χ2v) is 8.58. The SMILES string of the molecule is COc1ccc(N2CCN(C(=O)COC(=O)CCc3c(C)c4ccc(OC)cc4oc3=O)CC2)cc1. The molecule has 0 aliphatic carbocycles. The number of carbonyl (C=O) groups is 2. The molecular formula is C27H30N2O7. The number of piperazine rings is 1. The van der Waals surface area contributed by atoms with Crippen LogP contribution in [0.15, 0.2) is 51.7 Å². The van der Waals surface area contributed by atoms with Crippen LogP contribution < -0.4 is 20.0 Å². The zero-order chi connectivity index (χ0) is 25.7. The number of esters is 1. The Kier molecular flexibility index (Phi) is 7.77. The molecule has 0 saturated carbocycles. The van der Waals surface area contributed by atoms with Crippen LogP contribution in [0.5, 0.6) is 11.5 Å². The number of fused-ring (bicyclic) bond motifs is 1. The van der Waals surface area contributed by atoms with E-state index in [0.29, 0.717) is 43.1 Å². The fourth-order valence-electron chi connectivity index (χ4n) is 4.33. The quantitative estimate of drug-likeness (QED) is 0.348. The Balaban J connectivity index is 1.26. The molecule has 0 spiro atoms. The molecule has 9 heteroatoms. The van der Waals surface area contributed by atoms with Gasteiger partial charge in [-0.05, 0) is 55.3 Å². The Labute approximate surface area is 209 Å². The van der Waals surface area contributed by atoms with Crippen LogP contribution in [0, 0.1) is 6.92 Å². The first kappa shape index (κ1) is 25.1. The van der Waals surface area contributed by atoms with Crippen molar-refractivity contribution in [3.05, 3.63) is 64.0 Å². The van der Waals surface area contributed by atoms with E-state index < -0.39 is 11.6 Å². The fourth-order valence-corrected chi connectivity index (χ4v) is 4.33. The molecule has 190 valence electrons. The third kappa shape index (κ3) is 5.62. The number of hydrogen-bond acceptors (Lipinski definition) is 8. The van der Waals surface area contributed by atoms with Crippen LogP contribution in [0.3, 0.4) is 0 Å². The molecule has 0 N–H and O–H groups in total. The molecule has 1 saturated heterocycles. The van der Waals surface area contributed by atoms with Crippen molar-refractivity contribution in [2.75, 3.05) is 51.9 Å². The molecule has 1 aliphatic rings. The molecule has 3 aromatic rings. The van der Waals surface area contributed by atoms with E-state index >= 15 is 0 Å². The summed E-state index contributed by atoms with van der Waals surface area (Å²) < 4.78 is 21.0. The van der Waals surface area contributed by atoms with E-state index in [1.807, 2.05) is 37.3 Å². The maximum absolute atomic E-state index is 12.5. The van der Waals surface area contributed by atoms with E-state index in [4.69, 9.17) is 18.6 Å². The number of nitrogens with zero attached hydrogens (tertiary/aromatic N) is 2. The van der Waals surface area contributed by atoms with Gasteiger partial charge in [0.2, 0.25) is 0 Å². The van der Waals surface area contributed by atoms with Crippen molar-refractivity contribution in [2.45, 2.75) is 19.8 Å². The molecule has 9 nitrogen and oxygen atoms in total. The highest BCUT2D eigenvalue weighted by Crippen LogP contribution is 2.24. The summed E-state index contributed by atoms with van der Waals surface area (Å²) in [5.41, 5.74) is 2.18. The van der Waals surface area contributed by atoms with E-state index in [9.17, 15) is 14.4 Å². The highest BCUT2D eigenvalue weighted by molar-refractivity contribution is 5.83. The van der Waals surface area contributed by atoms with Crippen LogP contribution in [-0.4, -0.2) is 63.8 Å². The molecular weight excluding hydrogens is 464 g/mol. The van der Waals surface area contributed by atoms with Crippen LogP contribution in [0.1, 0.15) is 17.5 Å². The zero-order valence-corrected chi connectivity index (χ0v) is 20.7. The standard InChI is InChI=1S/C27H30N2O7/c1-18-22-9-8-21(34-3)16-24(22)36-27(32)23(18)10-11-26(31)35-17-25(30)29-14-12-28(13-15-29)19-4-6-20(33-2)7-5-19/h4-9,16H,10-15,17H2,1-3H3. The first-order valence-corrected chi connectivity index (χ1v) is 11.8. The molecule has 0 atom stereocenters. The number of aryl methyl sites for hydroxylation is 1. The predicted octanol–water partition coefficient (Wildman–Crippen LogP) is 2.94. The lowest BCUT2D eigenvalue weighted by Crippen LogP contribution is -2.49. The summed E-state index contributed by atoms with van der Waals surface area (Å²) in [5.74, 6) is 0.627. The number of benzene rings is 2. The smallest absolute Gasteiger partial charge is 0.339 e. The van der Waals surface area contributed by atoms with Crippen molar-refractivity contribution >= 4 is 28.5 Å². The van der Waals surface area contributed by atoms with Gasteiger partial charge in [0.25, 0.3) is 5.91 Å². The van der Waals surface area contributed by atoms with Crippen molar-refractivity contribution in [2.24, 2.45) is 0 Å². The Morgan fingerprint density at radius 2 is 1.61 bits per heavy atom. The second-order valence-electron chi connectivity index (χ2n) is 8.58. The lowest BCUT2D eigenvalue weighted by Gasteiger charge is -2.36. The molecule has 1 fully saturated rings. The third-order valence-electron chi connectivity index (χ3n) is 6.50. The van der Waals surface area contributed by atoms with Gasteiger partial charge < -0.3 is 28.4 Å². The average molecular weight is 495 g/mol. The van der Waals surface area contributed by atoms with Gasteiger partial charge in [-0.2, -0.15) is 0 Å².